The van der Waals surface area contributed by atoms with Gasteiger partial charge in [0.05, 0.1) is 0 Å². The van der Waals surface area contributed by atoms with Gasteiger partial charge in [0.25, 0.3) is 5.91 Å². The molecule has 2 aliphatic heterocycles. The molecule has 31 heavy (non-hydrogen) atoms. The molecule has 2 aromatic carbocycles. The zero-order chi connectivity index (χ0) is 22.1. The molecule has 1 fully saturated rings. The summed E-state index contributed by atoms with van der Waals surface area (Å²) in [6.45, 7) is 1.93. The highest BCUT2D eigenvalue weighted by molar-refractivity contribution is 6.31. The quantitative estimate of drug-likeness (QED) is 0.483. The van der Waals surface area contributed by atoms with E-state index in [1.54, 1.807) is 41.3 Å². The van der Waals surface area contributed by atoms with Crippen LogP contribution >= 0.6 is 11.6 Å². The fourth-order valence-electron chi connectivity index (χ4n) is 3.95. The van der Waals surface area contributed by atoms with E-state index in [0.717, 1.165) is 16.8 Å². The molecule has 160 valence electrons. The number of ether oxygens (including phenoxy) is 1. The summed E-state index contributed by atoms with van der Waals surface area (Å²) < 4.78 is 4.94. The van der Waals surface area contributed by atoms with Gasteiger partial charge in [0.1, 0.15) is 0 Å². The average Bonchev–Trinajstić information content (AvgIpc) is 3.08. The van der Waals surface area contributed by atoms with Crippen LogP contribution in [0.1, 0.15) is 25.3 Å². The fourth-order valence-corrected chi connectivity index (χ4v) is 4.12. The zero-order valence-corrected chi connectivity index (χ0v) is 17.4. The molecule has 0 bridgehead atoms. The maximum absolute atomic E-state index is 13.3. The Hall–Kier alpha value is -3.52. The van der Waals surface area contributed by atoms with Crippen LogP contribution in [0, 0.1) is 0 Å². The summed E-state index contributed by atoms with van der Waals surface area (Å²) in [5.74, 6) is -0.306. The minimum absolute atomic E-state index is 0.140. The molecule has 1 unspecified atom stereocenters. The standard InChI is InChI=1S/C22H20ClN3O5/c1-12(27)24-14-3-5-15(6-4-14)26-9-8-17(21(26)28)18-11-20(31-22(29)30)25-19-10-13(23)2-7-16(18)19/h2-7,10,20,25H,8-9,11H2,1H3,(H,24,27)(H,29,30). The van der Waals surface area contributed by atoms with Gasteiger partial charge in [-0.1, -0.05) is 17.7 Å². The van der Waals surface area contributed by atoms with Gasteiger partial charge in [-0.2, -0.15) is 0 Å². The third kappa shape index (κ3) is 4.34. The van der Waals surface area contributed by atoms with Crippen molar-refractivity contribution in [1.82, 2.24) is 0 Å². The predicted octanol–water partition coefficient (Wildman–Crippen LogP) is 4.33. The summed E-state index contributed by atoms with van der Waals surface area (Å²) in [5.41, 5.74) is 4.17. The molecular weight excluding hydrogens is 422 g/mol. The molecule has 8 nitrogen and oxygen atoms in total. The van der Waals surface area contributed by atoms with Gasteiger partial charge >= 0.3 is 6.16 Å². The van der Waals surface area contributed by atoms with Crippen LogP contribution in [0.3, 0.4) is 0 Å². The summed E-state index contributed by atoms with van der Waals surface area (Å²) in [6, 6.07) is 12.3. The van der Waals surface area contributed by atoms with Gasteiger partial charge in [-0.15, -0.1) is 0 Å². The van der Waals surface area contributed by atoms with E-state index in [2.05, 4.69) is 10.6 Å². The number of carbonyl (C=O) groups excluding carboxylic acids is 2. The van der Waals surface area contributed by atoms with E-state index >= 15 is 0 Å². The van der Waals surface area contributed by atoms with Crippen LogP contribution in [0.25, 0.3) is 5.57 Å². The molecule has 9 heteroatoms. The number of anilines is 3. The van der Waals surface area contributed by atoms with Crippen LogP contribution in [0.15, 0.2) is 48.0 Å². The molecule has 2 aromatic rings. The Morgan fingerprint density at radius 2 is 1.94 bits per heavy atom. The summed E-state index contributed by atoms with van der Waals surface area (Å²) in [6.07, 6.45) is -1.46. The number of amides is 2. The second-order valence-corrected chi connectivity index (χ2v) is 7.74. The Morgan fingerprint density at radius 3 is 2.61 bits per heavy atom. The van der Waals surface area contributed by atoms with Crippen molar-refractivity contribution in [2.45, 2.75) is 26.0 Å². The van der Waals surface area contributed by atoms with Gasteiger partial charge < -0.3 is 25.4 Å². The van der Waals surface area contributed by atoms with Crippen LogP contribution < -0.4 is 15.5 Å². The van der Waals surface area contributed by atoms with Crippen molar-refractivity contribution in [2.75, 3.05) is 22.1 Å². The lowest BCUT2D eigenvalue weighted by Gasteiger charge is -2.29. The van der Waals surface area contributed by atoms with Gasteiger partial charge in [0.15, 0.2) is 6.23 Å². The minimum Gasteiger partial charge on any atom is -0.450 e. The van der Waals surface area contributed by atoms with Gasteiger partial charge in [-0.25, -0.2) is 4.79 Å². The Balaban J connectivity index is 1.66. The topological polar surface area (TPSA) is 108 Å². The normalized spacial score (nSPS) is 20.1. The highest BCUT2D eigenvalue weighted by atomic mass is 35.5. The maximum Gasteiger partial charge on any atom is 0.507 e. The predicted molar refractivity (Wildman–Crippen MR) is 117 cm³/mol. The number of fused-ring (bicyclic) bond motifs is 1. The van der Waals surface area contributed by atoms with Crippen molar-refractivity contribution in [3.05, 3.63) is 58.6 Å². The summed E-state index contributed by atoms with van der Waals surface area (Å²) in [4.78, 5) is 37.2. The molecule has 0 aromatic heterocycles. The van der Waals surface area contributed by atoms with Crippen molar-refractivity contribution in [1.29, 1.82) is 0 Å². The maximum atomic E-state index is 13.3. The van der Waals surface area contributed by atoms with Gasteiger partial charge in [-0.05, 0) is 48.4 Å². The van der Waals surface area contributed by atoms with E-state index in [0.29, 0.717) is 34.9 Å². The number of carboxylic acid groups (broad SMARTS) is 1. The van der Waals surface area contributed by atoms with E-state index in [4.69, 9.17) is 21.4 Å². The molecular formula is C22H20ClN3O5. The number of halogens is 1. The highest BCUT2D eigenvalue weighted by Gasteiger charge is 2.34. The van der Waals surface area contributed by atoms with Gasteiger partial charge in [0.2, 0.25) is 5.91 Å². The number of hydrogen-bond donors (Lipinski definition) is 3. The van der Waals surface area contributed by atoms with Crippen molar-refractivity contribution < 1.29 is 24.2 Å². The van der Waals surface area contributed by atoms with Crippen LogP contribution in [-0.4, -0.2) is 35.8 Å². The summed E-state index contributed by atoms with van der Waals surface area (Å²) >= 11 is 6.10. The third-order valence-electron chi connectivity index (χ3n) is 5.21. The first kappa shape index (κ1) is 20.7. The first-order chi connectivity index (χ1) is 14.8. The molecule has 0 saturated carbocycles. The van der Waals surface area contributed by atoms with E-state index in [1.165, 1.54) is 6.92 Å². The summed E-state index contributed by atoms with van der Waals surface area (Å²) in [7, 11) is 0. The number of nitrogens with zero attached hydrogens (tertiary/aromatic N) is 1. The lowest BCUT2D eigenvalue weighted by molar-refractivity contribution is -0.115. The van der Waals surface area contributed by atoms with Crippen LogP contribution in [0.2, 0.25) is 5.02 Å². The van der Waals surface area contributed by atoms with Crippen molar-refractivity contribution in [3.8, 4) is 0 Å². The van der Waals surface area contributed by atoms with E-state index in [-0.39, 0.29) is 18.2 Å². The first-order valence-electron chi connectivity index (χ1n) is 9.69. The van der Waals surface area contributed by atoms with E-state index < -0.39 is 12.4 Å². The Morgan fingerprint density at radius 1 is 1.19 bits per heavy atom. The Labute approximate surface area is 183 Å². The van der Waals surface area contributed by atoms with Crippen LogP contribution in [0.4, 0.5) is 21.9 Å². The Kier molecular flexibility index (Phi) is 5.56. The SMILES string of the molecule is CC(=O)Nc1ccc(N2CCC(=C3CC(OC(=O)O)Nc4cc(Cl)ccc43)C2=O)cc1. The second-order valence-electron chi connectivity index (χ2n) is 7.30. The van der Waals surface area contributed by atoms with E-state index in [1.807, 2.05) is 6.07 Å². The smallest absolute Gasteiger partial charge is 0.450 e. The number of carbonyl (C=O) groups is 3. The summed E-state index contributed by atoms with van der Waals surface area (Å²) in [5, 5.41) is 15.2. The molecule has 1 saturated heterocycles. The number of hydrogen-bond acceptors (Lipinski definition) is 5. The number of rotatable bonds is 3. The monoisotopic (exact) mass is 441 g/mol. The molecule has 0 aliphatic carbocycles. The molecule has 0 spiro atoms. The molecule has 0 radical (unpaired) electrons. The molecule has 2 aliphatic rings. The second kappa shape index (κ2) is 8.31. The van der Waals surface area contributed by atoms with Gasteiger partial charge in [-0.3, -0.25) is 9.59 Å². The number of nitrogens with one attached hydrogen (secondary N) is 2. The Bertz CT molecular complexity index is 1100. The lowest BCUT2D eigenvalue weighted by atomic mass is 9.91. The molecule has 2 heterocycles. The zero-order valence-electron chi connectivity index (χ0n) is 16.6. The number of benzene rings is 2. The molecule has 2 amide bonds. The van der Waals surface area contributed by atoms with Crippen LogP contribution in [0.5, 0.6) is 0 Å². The van der Waals surface area contributed by atoms with Crippen LogP contribution in [-0.2, 0) is 14.3 Å². The van der Waals surface area contributed by atoms with Crippen molar-refractivity contribution in [2.24, 2.45) is 0 Å². The fraction of sp³-hybridized carbons (Fsp3) is 0.227. The highest BCUT2D eigenvalue weighted by Crippen LogP contribution is 2.40. The third-order valence-corrected chi connectivity index (χ3v) is 5.44. The van der Waals surface area contributed by atoms with Gasteiger partial charge in [0, 0.05) is 53.1 Å². The minimum atomic E-state index is -1.40. The van der Waals surface area contributed by atoms with Crippen molar-refractivity contribution in [3.63, 3.8) is 0 Å². The molecule has 1 atom stereocenters. The first-order valence-corrected chi connectivity index (χ1v) is 10.1. The van der Waals surface area contributed by atoms with Crippen molar-refractivity contribution >= 4 is 52.2 Å². The molecule has 4 rings (SSSR count). The largest absolute Gasteiger partial charge is 0.507 e. The lowest BCUT2D eigenvalue weighted by Crippen LogP contribution is -2.31. The average molecular weight is 442 g/mol. The molecule has 3 N–H and O–H groups in total. The van der Waals surface area contributed by atoms with E-state index in [9.17, 15) is 14.4 Å².